The predicted molar refractivity (Wildman–Crippen MR) is 66.6 cm³/mol. The summed E-state index contributed by atoms with van der Waals surface area (Å²) in [5.74, 6) is 1.87. The van der Waals surface area contributed by atoms with Crippen LogP contribution in [0.25, 0.3) is 0 Å². The van der Waals surface area contributed by atoms with Gasteiger partial charge in [0.1, 0.15) is 0 Å². The zero-order valence-electron chi connectivity index (χ0n) is 10.8. The van der Waals surface area contributed by atoms with E-state index in [9.17, 15) is 5.11 Å². The molecule has 0 fully saturated rings. The second-order valence-electron chi connectivity index (χ2n) is 4.51. The van der Waals surface area contributed by atoms with Crippen molar-refractivity contribution in [3.05, 3.63) is 17.7 Å². The molecule has 0 bridgehead atoms. The lowest BCUT2D eigenvalue weighted by atomic mass is 9.94. The van der Waals surface area contributed by atoms with E-state index in [4.69, 9.17) is 19.0 Å². The quantitative estimate of drug-likeness (QED) is 0.896. The van der Waals surface area contributed by atoms with Crippen molar-refractivity contribution < 1.29 is 24.2 Å². The smallest absolute Gasteiger partial charge is 0.231 e. The van der Waals surface area contributed by atoms with Gasteiger partial charge in [0, 0.05) is 11.5 Å². The first-order valence-corrected chi connectivity index (χ1v) is 6.05. The molecule has 2 aliphatic rings. The van der Waals surface area contributed by atoms with Crippen molar-refractivity contribution >= 4 is 5.71 Å². The topological polar surface area (TPSA) is 69.5 Å². The molecule has 102 valence electrons. The minimum absolute atomic E-state index is 0.00933. The highest BCUT2D eigenvalue weighted by atomic mass is 16.7. The zero-order chi connectivity index (χ0) is 13.4. The molecule has 0 spiro atoms. The van der Waals surface area contributed by atoms with Crippen molar-refractivity contribution in [3.63, 3.8) is 0 Å². The molecule has 0 radical (unpaired) electrons. The summed E-state index contributed by atoms with van der Waals surface area (Å²) in [4.78, 5) is 5.39. The number of benzene rings is 1. The predicted octanol–water partition coefficient (Wildman–Crippen LogP) is 1.48. The van der Waals surface area contributed by atoms with Crippen molar-refractivity contribution in [2.24, 2.45) is 11.1 Å². The van der Waals surface area contributed by atoms with E-state index in [0.29, 0.717) is 23.0 Å². The summed E-state index contributed by atoms with van der Waals surface area (Å²) < 4.78 is 16.0. The lowest BCUT2D eigenvalue weighted by molar-refractivity contribution is 0.0650. The third kappa shape index (κ3) is 1.88. The van der Waals surface area contributed by atoms with Crippen LogP contribution in [0.15, 0.2) is 17.3 Å². The largest absolute Gasteiger partial charge is 0.493 e. The fraction of sp³-hybridized carbons (Fsp3) is 0.462. The molecule has 0 aromatic heterocycles. The van der Waals surface area contributed by atoms with E-state index in [0.717, 1.165) is 5.56 Å². The minimum atomic E-state index is -0.245. The Kier molecular flexibility index (Phi) is 2.94. The average Bonchev–Trinajstić information content (AvgIpc) is 3.03. The molecular weight excluding hydrogens is 250 g/mol. The Balaban J connectivity index is 1.95. The van der Waals surface area contributed by atoms with Crippen molar-refractivity contribution in [3.8, 4) is 17.2 Å². The Morgan fingerprint density at radius 3 is 2.95 bits per heavy atom. The second kappa shape index (κ2) is 4.62. The summed E-state index contributed by atoms with van der Waals surface area (Å²) in [6.07, 6.45) is -0.245. The van der Waals surface area contributed by atoms with Gasteiger partial charge in [-0.1, -0.05) is 12.1 Å². The van der Waals surface area contributed by atoms with Gasteiger partial charge in [0.05, 0.1) is 19.4 Å². The van der Waals surface area contributed by atoms with Crippen LogP contribution >= 0.6 is 0 Å². The van der Waals surface area contributed by atoms with Crippen molar-refractivity contribution in [2.45, 2.75) is 13.0 Å². The van der Waals surface area contributed by atoms with E-state index >= 15 is 0 Å². The lowest BCUT2D eigenvalue weighted by Crippen LogP contribution is -2.16. The van der Waals surface area contributed by atoms with Gasteiger partial charge in [-0.2, -0.15) is 0 Å². The van der Waals surface area contributed by atoms with Crippen molar-refractivity contribution in [1.29, 1.82) is 0 Å². The third-order valence-corrected chi connectivity index (χ3v) is 3.43. The van der Waals surface area contributed by atoms with Gasteiger partial charge in [-0.3, -0.25) is 0 Å². The number of methoxy groups -OCH3 is 1. The zero-order valence-corrected chi connectivity index (χ0v) is 10.8. The highest BCUT2D eigenvalue weighted by Gasteiger charge is 2.33. The molecule has 6 nitrogen and oxygen atoms in total. The monoisotopic (exact) mass is 265 g/mol. The fourth-order valence-corrected chi connectivity index (χ4v) is 2.31. The SMILES string of the molecule is COc1cc([C@H]2ON=C(CO)[C@H]2C)cc2c1OCO2. The van der Waals surface area contributed by atoms with Crippen LogP contribution in [-0.2, 0) is 4.84 Å². The normalized spacial score (nSPS) is 24.1. The number of ether oxygens (including phenoxy) is 3. The van der Waals surface area contributed by atoms with Gasteiger partial charge in [0.15, 0.2) is 17.6 Å². The summed E-state index contributed by atoms with van der Waals surface area (Å²) in [6, 6.07) is 3.71. The fourth-order valence-electron chi connectivity index (χ4n) is 2.31. The molecule has 1 N–H and O–H groups in total. The number of aliphatic hydroxyl groups is 1. The van der Waals surface area contributed by atoms with Gasteiger partial charge < -0.3 is 24.2 Å². The van der Waals surface area contributed by atoms with Gasteiger partial charge in [-0.15, -0.1) is 0 Å². The van der Waals surface area contributed by atoms with Crippen LogP contribution in [0.1, 0.15) is 18.6 Å². The highest BCUT2D eigenvalue weighted by Crippen LogP contribution is 2.45. The molecule has 0 aliphatic carbocycles. The number of fused-ring (bicyclic) bond motifs is 1. The molecule has 19 heavy (non-hydrogen) atoms. The average molecular weight is 265 g/mol. The number of hydrogen-bond acceptors (Lipinski definition) is 6. The van der Waals surface area contributed by atoms with Crippen LogP contribution in [0.5, 0.6) is 17.2 Å². The maximum absolute atomic E-state index is 9.18. The Morgan fingerprint density at radius 2 is 2.26 bits per heavy atom. The number of aliphatic hydroxyl groups excluding tert-OH is 1. The molecule has 1 aromatic rings. The van der Waals surface area contributed by atoms with Crippen LogP contribution in [0.3, 0.4) is 0 Å². The van der Waals surface area contributed by atoms with Crippen molar-refractivity contribution in [2.75, 3.05) is 20.5 Å². The van der Waals surface area contributed by atoms with Crippen LogP contribution < -0.4 is 14.2 Å². The molecule has 6 heteroatoms. The summed E-state index contributed by atoms with van der Waals surface area (Å²) >= 11 is 0. The second-order valence-corrected chi connectivity index (χ2v) is 4.51. The van der Waals surface area contributed by atoms with E-state index < -0.39 is 0 Å². The lowest BCUT2D eigenvalue weighted by Gasteiger charge is -2.16. The van der Waals surface area contributed by atoms with E-state index in [-0.39, 0.29) is 25.4 Å². The van der Waals surface area contributed by atoms with Crippen LogP contribution in [0.2, 0.25) is 0 Å². The van der Waals surface area contributed by atoms with Gasteiger partial charge in [0.25, 0.3) is 0 Å². The maximum atomic E-state index is 9.18. The van der Waals surface area contributed by atoms with E-state index in [1.807, 2.05) is 19.1 Å². The molecule has 2 atom stereocenters. The molecule has 3 rings (SSSR count). The van der Waals surface area contributed by atoms with E-state index in [1.54, 1.807) is 7.11 Å². The number of hydrogen-bond donors (Lipinski definition) is 1. The first-order chi connectivity index (χ1) is 9.24. The molecule has 2 heterocycles. The molecule has 0 unspecified atom stereocenters. The van der Waals surface area contributed by atoms with Crippen LogP contribution in [0.4, 0.5) is 0 Å². The molecule has 0 saturated heterocycles. The first kappa shape index (κ1) is 12.1. The van der Waals surface area contributed by atoms with Gasteiger partial charge >= 0.3 is 0 Å². The van der Waals surface area contributed by atoms with E-state index in [1.165, 1.54) is 0 Å². The number of oxime groups is 1. The summed E-state index contributed by atoms with van der Waals surface area (Å²) in [5.41, 5.74) is 1.53. The Hall–Kier alpha value is -1.95. The van der Waals surface area contributed by atoms with E-state index in [2.05, 4.69) is 5.16 Å². The minimum Gasteiger partial charge on any atom is -0.493 e. The Morgan fingerprint density at radius 1 is 1.42 bits per heavy atom. The van der Waals surface area contributed by atoms with Crippen LogP contribution in [0, 0.1) is 5.92 Å². The molecule has 1 aromatic carbocycles. The Labute approximate surface area is 110 Å². The van der Waals surface area contributed by atoms with Crippen molar-refractivity contribution in [1.82, 2.24) is 0 Å². The van der Waals surface area contributed by atoms with Crippen LogP contribution in [-0.4, -0.2) is 31.3 Å². The number of rotatable bonds is 3. The number of nitrogens with zero attached hydrogens (tertiary/aromatic N) is 1. The maximum Gasteiger partial charge on any atom is 0.231 e. The molecule has 2 aliphatic heterocycles. The van der Waals surface area contributed by atoms with Gasteiger partial charge in [0.2, 0.25) is 12.5 Å². The van der Waals surface area contributed by atoms with Gasteiger partial charge in [-0.05, 0) is 12.1 Å². The first-order valence-electron chi connectivity index (χ1n) is 6.05. The third-order valence-electron chi connectivity index (χ3n) is 3.43. The molecular formula is C13H15NO5. The highest BCUT2D eigenvalue weighted by molar-refractivity contribution is 5.88. The Bertz CT molecular complexity index is 528. The summed E-state index contributed by atoms with van der Waals surface area (Å²) in [5, 5.41) is 13.1. The summed E-state index contributed by atoms with van der Waals surface area (Å²) in [7, 11) is 1.58. The molecule has 0 amide bonds. The molecule has 0 saturated carbocycles. The van der Waals surface area contributed by atoms with Gasteiger partial charge in [-0.25, -0.2) is 0 Å². The summed E-state index contributed by atoms with van der Waals surface area (Å²) in [6.45, 7) is 2.05. The standard InChI is InChI=1S/C13H15NO5/c1-7-9(5-15)14-19-12(7)8-3-10(16-2)13-11(4-8)17-6-18-13/h3-4,7,12,15H,5-6H2,1-2H3/t7-,12+/m1/s1.